The second-order valence-corrected chi connectivity index (χ2v) is 6.19. The first-order valence-corrected chi connectivity index (χ1v) is 8.10. The minimum atomic E-state index is 0.136. The van der Waals surface area contributed by atoms with E-state index in [0.29, 0.717) is 0 Å². The van der Waals surface area contributed by atoms with Crippen LogP contribution in [0.2, 0.25) is 0 Å². The molecule has 0 unspecified atom stereocenters. The largest absolute Gasteiger partial charge is 0.361 e. The first-order valence-electron chi connectivity index (χ1n) is 8.10. The van der Waals surface area contributed by atoms with Crippen molar-refractivity contribution in [3.8, 4) is 0 Å². The Morgan fingerprint density at radius 2 is 1.96 bits per heavy atom. The van der Waals surface area contributed by atoms with Crippen LogP contribution in [0.1, 0.15) is 11.1 Å². The zero-order valence-electron chi connectivity index (χ0n) is 13.6. The van der Waals surface area contributed by atoms with Gasteiger partial charge < -0.3 is 15.6 Å². The molecule has 3 rings (SSSR count). The Morgan fingerprint density at radius 3 is 2.78 bits per heavy atom. The van der Waals surface area contributed by atoms with Crippen molar-refractivity contribution in [2.24, 2.45) is 5.73 Å². The van der Waals surface area contributed by atoms with Crippen LogP contribution in [0.15, 0.2) is 55.0 Å². The van der Waals surface area contributed by atoms with E-state index in [9.17, 15) is 0 Å². The average molecular weight is 308 g/mol. The van der Waals surface area contributed by atoms with Gasteiger partial charge in [-0.3, -0.25) is 4.98 Å². The zero-order chi connectivity index (χ0) is 16.1. The first kappa shape index (κ1) is 15.7. The minimum absolute atomic E-state index is 0.136. The Morgan fingerprint density at radius 1 is 1.17 bits per heavy atom. The Labute approximate surface area is 137 Å². The van der Waals surface area contributed by atoms with Crippen molar-refractivity contribution in [2.45, 2.75) is 18.9 Å². The van der Waals surface area contributed by atoms with Gasteiger partial charge in [0.25, 0.3) is 0 Å². The number of aromatic nitrogens is 2. The summed E-state index contributed by atoms with van der Waals surface area (Å²) in [5, 5.41) is 1.28. The summed E-state index contributed by atoms with van der Waals surface area (Å²) in [4.78, 5) is 9.67. The highest BCUT2D eigenvalue weighted by molar-refractivity contribution is 5.83. The third-order valence-corrected chi connectivity index (χ3v) is 4.23. The third-order valence-electron chi connectivity index (χ3n) is 4.23. The van der Waals surface area contributed by atoms with E-state index in [1.807, 2.05) is 12.4 Å². The number of rotatable bonds is 7. The number of nitrogens with two attached hydrogens (primary N) is 1. The number of likely N-dealkylation sites (N-methyl/N-ethyl adjacent to an activating group) is 1. The Balaban J connectivity index is 1.51. The van der Waals surface area contributed by atoms with Gasteiger partial charge in [-0.25, -0.2) is 0 Å². The summed E-state index contributed by atoms with van der Waals surface area (Å²) in [5.74, 6) is 0. The second-order valence-electron chi connectivity index (χ2n) is 6.19. The third kappa shape index (κ3) is 4.18. The molecular formula is C19H24N4. The van der Waals surface area contributed by atoms with Gasteiger partial charge in [-0.15, -0.1) is 0 Å². The number of para-hydroxylation sites is 1. The summed E-state index contributed by atoms with van der Waals surface area (Å²) in [7, 11) is 2.14. The molecule has 0 fully saturated rings. The molecule has 1 atom stereocenters. The normalized spacial score (nSPS) is 12.8. The van der Waals surface area contributed by atoms with Crippen molar-refractivity contribution in [3.63, 3.8) is 0 Å². The fourth-order valence-electron chi connectivity index (χ4n) is 3.01. The van der Waals surface area contributed by atoms with Gasteiger partial charge >= 0.3 is 0 Å². The molecule has 3 N–H and O–H groups in total. The molecule has 3 aromatic rings. The van der Waals surface area contributed by atoms with Gasteiger partial charge in [0.2, 0.25) is 0 Å². The van der Waals surface area contributed by atoms with Crippen LogP contribution in [0, 0.1) is 0 Å². The van der Waals surface area contributed by atoms with Gasteiger partial charge in [-0.2, -0.15) is 0 Å². The predicted octanol–water partition coefficient (Wildman–Crippen LogP) is 2.61. The number of hydrogen-bond acceptors (Lipinski definition) is 3. The van der Waals surface area contributed by atoms with Crippen LogP contribution in [-0.4, -0.2) is 41.0 Å². The molecule has 0 aliphatic heterocycles. The van der Waals surface area contributed by atoms with Gasteiger partial charge in [0.05, 0.1) is 0 Å². The maximum atomic E-state index is 6.36. The minimum Gasteiger partial charge on any atom is -0.361 e. The van der Waals surface area contributed by atoms with E-state index in [4.69, 9.17) is 5.73 Å². The second kappa shape index (κ2) is 7.40. The SMILES string of the molecule is CN(CCc1ccncc1)C[C@@H](N)Cc1c[nH]c2ccccc12. The monoisotopic (exact) mass is 308 g/mol. The maximum Gasteiger partial charge on any atom is 0.0456 e. The molecule has 23 heavy (non-hydrogen) atoms. The summed E-state index contributed by atoms with van der Waals surface area (Å²) in [6.45, 7) is 1.90. The number of hydrogen-bond donors (Lipinski definition) is 2. The molecule has 1 aromatic carbocycles. The molecule has 0 aliphatic rings. The molecule has 0 spiro atoms. The predicted molar refractivity (Wildman–Crippen MR) is 95.4 cm³/mol. The van der Waals surface area contributed by atoms with Crippen LogP contribution in [0.4, 0.5) is 0 Å². The Bertz CT molecular complexity index is 735. The highest BCUT2D eigenvalue weighted by Crippen LogP contribution is 2.18. The van der Waals surface area contributed by atoms with Crippen molar-refractivity contribution < 1.29 is 0 Å². The lowest BCUT2D eigenvalue weighted by Crippen LogP contribution is -2.37. The van der Waals surface area contributed by atoms with E-state index in [1.165, 1.54) is 22.0 Å². The molecule has 0 radical (unpaired) electrons. The smallest absolute Gasteiger partial charge is 0.0456 e. The van der Waals surface area contributed by atoms with Gasteiger partial charge in [-0.05, 0) is 49.2 Å². The van der Waals surface area contributed by atoms with E-state index in [-0.39, 0.29) is 6.04 Å². The Kier molecular flexibility index (Phi) is 5.05. The molecule has 2 aromatic heterocycles. The number of nitrogens with zero attached hydrogens (tertiary/aromatic N) is 2. The molecule has 0 aliphatic carbocycles. The van der Waals surface area contributed by atoms with Crippen molar-refractivity contribution in [1.82, 2.24) is 14.9 Å². The van der Waals surface area contributed by atoms with E-state index >= 15 is 0 Å². The van der Waals surface area contributed by atoms with E-state index in [1.54, 1.807) is 0 Å². The lowest BCUT2D eigenvalue weighted by atomic mass is 10.1. The Hall–Kier alpha value is -2.17. The van der Waals surface area contributed by atoms with Crippen molar-refractivity contribution in [3.05, 3.63) is 66.1 Å². The van der Waals surface area contributed by atoms with Gasteiger partial charge in [-0.1, -0.05) is 18.2 Å². The van der Waals surface area contributed by atoms with E-state index in [2.05, 4.69) is 64.5 Å². The highest BCUT2D eigenvalue weighted by Gasteiger charge is 2.11. The van der Waals surface area contributed by atoms with Gasteiger partial charge in [0.15, 0.2) is 0 Å². The number of H-pyrrole nitrogens is 1. The van der Waals surface area contributed by atoms with Crippen LogP contribution in [0.25, 0.3) is 10.9 Å². The fourth-order valence-corrected chi connectivity index (χ4v) is 3.01. The summed E-state index contributed by atoms with van der Waals surface area (Å²) in [5.41, 5.74) is 10.2. The standard InChI is InChI=1S/C19H24N4/c1-23(11-8-15-6-9-21-10-7-15)14-17(20)12-16-13-22-19-5-3-2-4-18(16)19/h2-7,9-10,13,17,22H,8,11-12,14,20H2,1H3/t17-/m0/s1. The molecule has 2 heterocycles. The molecule has 4 nitrogen and oxygen atoms in total. The quantitative estimate of drug-likeness (QED) is 0.705. The van der Waals surface area contributed by atoms with Crippen molar-refractivity contribution >= 4 is 10.9 Å². The number of fused-ring (bicyclic) bond motifs is 1. The van der Waals surface area contributed by atoms with Crippen molar-refractivity contribution in [1.29, 1.82) is 0 Å². The van der Waals surface area contributed by atoms with Crippen LogP contribution in [0.3, 0.4) is 0 Å². The molecule has 0 bridgehead atoms. The summed E-state index contributed by atoms with van der Waals surface area (Å²) in [6, 6.07) is 12.7. The van der Waals surface area contributed by atoms with Crippen LogP contribution >= 0.6 is 0 Å². The number of pyridine rings is 1. The van der Waals surface area contributed by atoms with Crippen molar-refractivity contribution in [2.75, 3.05) is 20.1 Å². The fraction of sp³-hybridized carbons (Fsp3) is 0.316. The lowest BCUT2D eigenvalue weighted by Gasteiger charge is -2.21. The van der Waals surface area contributed by atoms with Gasteiger partial charge in [0.1, 0.15) is 0 Å². The van der Waals surface area contributed by atoms with Gasteiger partial charge in [0, 0.05) is 48.6 Å². The number of aromatic amines is 1. The molecule has 0 amide bonds. The average Bonchev–Trinajstić information content (AvgIpc) is 2.97. The summed E-state index contributed by atoms with van der Waals surface area (Å²) >= 11 is 0. The van der Waals surface area contributed by atoms with E-state index < -0.39 is 0 Å². The maximum absolute atomic E-state index is 6.36. The zero-order valence-corrected chi connectivity index (χ0v) is 13.6. The molecular weight excluding hydrogens is 284 g/mol. The summed E-state index contributed by atoms with van der Waals surface area (Å²) < 4.78 is 0. The van der Waals surface area contributed by atoms with Crippen LogP contribution in [-0.2, 0) is 12.8 Å². The number of benzene rings is 1. The number of nitrogens with one attached hydrogen (secondary N) is 1. The molecule has 0 saturated heterocycles. The summed E-state index contributed by atoms with van der Waals surface area (Å²) in [6.07, 6.45) is 7.69. The highest BCUT2D eigenvalue weighted by atomic mass is 15.1. The van der Waals surface area contributed by atoms with E-state index in [0.717, 1.165) is 25.9 Å². The molecule has 4 heteroatoms. The first-order chi connectivity index (χ1) is 11.2. The molecule has 0 saturated carbocycles. The topological polar surface area (TPSA) is 57.9 Å². The molecule has 120 valence electrons. The van der Waals surface area contributed by atoms with Crippen LogP contribution in [0.5, 0.6) is 0 Å². The lowest BCUT2D eigenvalue weighted by molar-refractivity contribution is 0.313. The van der Waals surface area contributed by atoms with Crippen LogP contribution < -0.4 is 5.73 Å².